The fourth-order valence-corrected chi connectivity index (χ4v) is 4.32. The minimum absolute atomic E-state index is 0.125. The van der Waals surface area contributed by atoms with Crippen LogP contribution in [0.4, 0.5) is 0 Å². The lowest BCUT2D eigenvalue weighted by Crippen LogP contribution is -2.41. The van der Waals surface area contributed by atoms with E-state index in [-0.39, 0.29) is 12.0 Å². The molecule has 1 aromatic carbocycles. The molecule has 0 amide bonds. The van der Waals surface area contributed by atoms with Gasteiger partial charge in [0.15, 0.2) is 0 Å². The fourth-order valence-electron chi connectivity index (χ4n) is 4.32. The maximum absolute atomic E-state index is 9.55. The Bertz CT molecular complexity index is 646. The van der Waals surface area contributed by atoms with Crippen molar-refractivity contribution < 1.29 is 5.11 Å². The van der Waals surface area contributed by atoms with Crippen molar-refractivity contribution in [1.82, 2.24) is 9.88 Å². The number of aromatic nitrogens is 1. The molecular formula is C19H28N2O. The molecule has 22 heavy (non-hydrogen) atoms. The number of aromatic amines is 1. The van der Waals surface area contributed by atoms with E-state index in [1.807, 2.05) is 0 Å². The van der Waals surface area contributed by atoms with Crippen molar-refractivity contribution in [2.24, 2.45) is 5.92 Å². The third-order valence-corrected chi connectivity index (χ3v) is 5.47. The van der Waals surface area contributed by atoms with Crippen LogP contribution in [-0.4, -0.2) is 42.2 Å². The number of nitrogens with one attached hydrogen (secondary N) is 1. The van der Waals surface area contributed by atoms with Crippen LogP contribution >= 0.6 is 0 Å². The molecule has 3 nitrogen and oxygen atoms in total. The SMILES string of the molecule is CN(C)CC(CCO)C1(C)CCCc2c1[nH]c1ccccc21. The Kier molecular flexibility index (Phi) is 4.28. The number of rotatable bonds is 5. The van der Waals surface area contributed by atoms with Crippen molar-refractivity contribution >= 4 is 10.9 Å². The van der Waals surface area contributed by atoms with E-state index in [1.54, 1.807) is 0 Å². The van der Waals surface area contributed by atoms with Crippen molar-refractivity contribution in [3.8, 4) is 0 Å². The zero-order valence-electron chi connectivity index (χ0n) is 14.0. The number of aryl methyl sites for hydroxylation is 1. The second-order valence-corrected chi connectivity index (χ2v) is 7.27. The van der Waals surface area contributed by atoms with Crippen molar-refractivity contribution in [3.05, 3.63) is 35.5 Å². The lowest BCUT2D eigenvalue weighted by Gasteiger charge is -2.42. The van der Waals surface area contributed by atoms with E-state index in [0.29, 0.717) is 5.92 Å². The molecule has 0 saturated carbocycles. The summed E-state index contributed by atoms with van der Waals surface area (Å²) in [6.07, 6.45) is 4.47. The Hall–Kier alpha value is -1.32. The van der Waals surface area contributed by atoms with Gasteiger partial charge >= 0.3 is 0 Å². The van der Waals surface area contributed by atoms with Gasteiger partial charge in [0, 0.05) is 35.2 Å². The molecule has 0 bridgehead atoms. The van der Waals surface area contributed by atoms with Gasteiger partial charge in [0.1, 0.15) is 0 Å². The molecule has 0 spiro atoms. The third kappa shape index (κ3) is 2.57. The third-order valence-electron chi connectivity index (χ3n) is 5.47. The standard InChI is InChI=1S/C19H28N2O/c1-19(14(10-12-22)13-21(2)3)11-6-8-16-15-7-4-5-9-17(15)20-18(16)19/h4-5,7,9,14,20,22H,6,8,10-13H2,1-3H3. The summed E-state index contributed by atoms with van der Waals surface area (Å²) in [5.74, 6) is 0.472. The van der Waals surface area contributed by atoms with Crippen molar-refractivity contribution in [2.45, 2.75) is 38.0 Å². The maximum Gasteiger partial charge on any atom is 0.0459 e. The van der Waals surface area contributed by atoms with Gasteiger partial charge in [0.2, 0.25) is 0 Å². The highest BCUT2D eigenvalue weighted by molar-refractivity contribution is 5.85. The van der Waals surface area contributed by atoms with Gasteiger partial charge in [-0.25, -0.2) is 0 Å². The Morgan fingerprint density at radius 1 is 1.32 bits per heavy atom. The summed E-state index contributed by atoms with van der Waals surface area (Å²) in [6, 6.07) is 8.66. The van der Waals surface area contributed by atoms with Gasteiger partial charge < -0.3 is 15.0 Å². The second-order valence-electron chi connectivity index (χ2n) is 7.27. The molecule has 1 aliphatic carbocycles. The monoisotopic (exact) mass is 300 g/mol. The number of H-pyrrole nitrogens is 1. The van der Waals surface area contributed by atoms with Crippen LogP contribution in [0.3, 0.4) is 0 Å². The summed E-state index contributed by atoms with van der Waals surface area (Å²) < 4.78 is 0. The second kappa shape index (κ2) is 6.05. The Morgan fingerprint density at radius 3 is 2.82 bits per heavy atom. The van der Waals surface area contributed by atoms with Crippen LogP contribution in [0.5, 0.6) is 0 Å². The van der Waals surface area contributed by atoms with Gasteiger partial charge in [-0.2, -0.15) is 0 Å². The summed E-state index contributed by atoms with van der Waals surface area (Å²) in [4.78, 5) is 5.97. The maximum atomic E-state index is 9.55. The minimum Gasteiger partial charge on any atom is -0.396 e. The normalized spacial score (nSPS) is 23.0. The number of aliphatic hydroxyl groups excluding tert-OH is 1. The predicted octanol–water partition coefficient (Wildman–Crippen LogP) is 3.32. The first-order chi connectivity index (χ1) is 10.6. The van der Waals surface area contributed by atoms with Crippen LogP contribution in [0.15, 0.2) is 24.3 Å². The number of hydrogen-bond acceptors (Lipinski definition) is 2. The number of nitrogens with zero attached hydrogens (tertiary/aromatic N) is 1. The van der Waals surface area contributed by atoms with Crippen LogP contribution < -0.4 is 0 Å². The van der Waals surface area contributed by atoms with Gasteiger partial charge in [0.25, 0.3) is 0 Å². The average Bonchev–Trinajstić information content (AvgIpc) is 2.87. The summed E-state index contributed by atoms with van der Waals surface area (Å²) >= 11 is 0. The molecule has 120 valence electrons. The first-order valence-electron chi connectivity index (χ1n) is 8.42. The van der Waals surface area contributed by atoms with E-state index in [1.165, 1.54) is 41.4 Å². The van der Waals surface area contributed by atoms with Crippen LogP contribution in [0, 0.1) is 5.92 Å². The molecule has 1 heterocycles. The number of hydrogen-bond donors (Lipinski definition) is 2. The Balaban J connectivity index is 2.08. The molecular weight excluding hydrogens is 272 g/mol. The smallest absolute Gasteiger partial charge is 0.0459 e. The van der Waals surface area contributed by atoms with Gasteiger partial charge in [0.05, 0.1) is 0 Å². The van der Waals surface area contributed by atoms with Crippen molar-refractivity contribution in [1.29, 1.82) is 0 Å². The van der Waals surface area contributed by atoms with Crippen LogP contribution in [-0.2, 0) is 11.8 Å². The van der Waals surface area contributed by atoms with E-state index in [2.05, 4.69) is 55.2 Å². The van der Waals surface area contributed by atoms with E-state index < -0.39 is 0 Å². The highest BCUT2D eigenvalue weighted by atomic mass is 16.3. The zero-order chi connectivity index (χ0) is 15.7. The number of para-hydroxylation sites is 1. The molecule has 1 aromatic heterocycles. The lowest BCUT2D eigenvalue weighted by molar-refractivity contribution is 0.150. The van der Waals surface area contributed by atoms with E-state index in [0.717, 1.165) is 13.0 Å². The molecule has 2 N–H and O–H groups in total. The van der Waals surface area contributed by atoms with Crippen LogP contribution in [0.1, 0.15) is 37.4 Å². The van der Waals surface area contributed by atoms with Gasteiger partial charge in [-0.3, -0.25) is 0 Å². The molecule has 1 aliphatic rings. The van der Waals surface area contributed by atoms with Gasteiger partial charge in [-0.15, -0.1) is 0 Å². The summed E-state index contributed by atoms with van der Waals surface area (Å²) in [5.41, 5.74) is 4.30. The molecule has 0 radical (unpaired) electrons. The molecule has 3 rings (SSSR count). The molecule has 2 unspecified atom stereocenters. The lowest BCUT2D eigenvalue weighted by atomic mass is 9.65. The highest BCUT2D eigenvalue weighted by Crippen LogP contribution is 2.45. The minimum atomic E-state index is 0.125. The molecule has 2 atom stereocenters. The van der Waals surface area contributed by atoms with Gasteiger partial charge in [-0.05, 0) is 57.3 Å². The van der Waals surface area contributed by atoms with E-state index in [4.69, 9.17) is 0 Å². The van der Waals surface area contributed by atoms with Crippen molar-refractivity contribution in [3.63, 3.8) is 0 Å². The zero-order valence-corrected chi connectivity index (χ0v) is 14.0. The fraction of sp³-hybridized carbons (Fsp3) is 0.579. The summed E-state index contributed by atoms with van der Waals surface area (Å²) in [5, 5.41) is 10.9. The average molecular weight is 300 g/mol. The largest absolute Gasteiger partial charge is 0.396 e. The Morgan fingerprint density at radius 2 is 2.09 bits per heavy atom. The van der Waals surface area contributed by atoms with Gasteiger partial charge in [-0.1, -0.05) is 25.1 Å². The summed E-state index contributed by atoms with van der Waals surface area (Å²) in [7, 11) is 4.26. The number of aliphatic hydroxyl groups is 1. The topological polar surface area (TPSA) is 39.3 Å². The summed E-state index contributed by atoms with van der Waals surface area (Å²) in [6.45, 7) is 3.68. The molecule has 0 fully saturated rings. The number of benzene rings is 1. The van der Waals surface area contributed by atoms with Crippen molar-refractivity contribution in [2.75, 3.05) is 27.2 Å². The first kappa shape index (κ1) is 15.6. The number of fused-ring (bicyclic) bond motifs is 3. The predicted molar refractivity (Wildman–Crippen MR) is 92.3 cm³/mol. The molecule has 2 aromatic rings. The van der Waals surface area contributed by atoms with E-state index in [9.17, 15) is 5.11 Å². The molecule has 0 aliphatic heterocycles. The van der Waals surface area contributed by atoms with E-state index >= 15 is 0 Å². The molecule has 3 heteroatoms. The molecule has 0 saturated heterocycles. The Labute approximate surface area is 133 Å². The van der Waals surface area contributed by atoms with Crippen LogP contribution in [0.2, 0.25) is 0 Å². The van der Waals surface area contributed by atoms with Crippen LogP contribution in [0.25, 0.3) is 10.9 Å². The highest BCUT2D eigenvalue weighted by Gasteiger charge is 2.40. The first-order valence-corrected chi connectivity index (χ1v) is 8.42. The quantitative estimate of drug-likeness (QED) is 0.889.